The molecule has 0 aliphatic heterocycles. The minimum absolute atomic E-state index is 0. The SMILES string of the molecule is CC.CC(C)COCCCNCC1CC1.[HH]. The number of ether oxygens (including phenoxy) is 1. The maximum Gasteiger partial charge on any atom is 0.0489 e. The van der Waals surface area contributed by atoms with Crippen LogP contribution in [0.2, 0.25) is 0 Å². The Morgan fingerprint density at radius 2 is 2.00 bits per heavy atom. The molecule has 15 heavy (non-hydrogen) atoms. The largest absolute Gasteiger partial charge is 0.381 e. The Balaban J connectivity index is 0. The summed E-state index contributed by atoms with van der Waals surface area (Å²) in [6.07, 6.45) is 4.03. The van der Waals surface area contributed by atoms with Gasteiger partial charge in [0.15, 0.2) is 0 Å². The van der Waals surface area contributed by atoms with Gasteiger partial charge >= 0.3 is 0 Å². The summed E-state index contributed by atoms with van der Waals surface area (Å²) >= 11 is 0. The van der Waals surface area contributed by atoms with Gasteiger partial charge in [-0.25, -0.2) is 0 Å². The Bertz CT molecular complexity index is 121. The topological polar surface area (TPSA) is 21.3 Å². The molecule has 0 aromatic heterocycles. The fourth-order valence-corrected chi connectivity index (χ4v) is 1.25. The van der Waals surface area contributed by atoms with Crippen molar-refractivity contribution in [2.24, 2.45) is 11.8 Å². The molecule has 0 bridgehead atoms. The molecule has 1 N–H and O–H groups in total. The Hall–Kier alpha value is -0.0800. The summed E-state index contributed by atoms with van der Waals surface area (Å²) in [5.41, 5.74) is 0. The summed E-state index contributed by atoms with van der Waals surface area (Å²) in [5, 5.41) is 3.46. The van der Waals surface area contributed by atoms with Crippen molar-refractivity contribution in [3.63, 3.8) is 0 Å². The molecule has 1 saturated carbocycles. The monoisotopic (exact) mass is 217 g/mol. The van der Waals surface area contributed by atoms with Crippen LogP contribution in [0.3, 0.4) is 0 Å². The van der Waals surface area contributed by atoms with Crippen molar-refractivity contribution in [1.82, 2.24) is 5.32 Å². The van der Waals surface area contributed by atoms with Crippen molar-refractivity contribution in [3.05, 3.63) is 0 Å². The summed E-state index contributed by atoms with van der Waals surface area (Å²) in [7, 11) is 0. The minimum Gasteiger partial charge on any atom is -0.381 e. The molecule has 0 unspecified atom stereocenters. The van der Waals surface area contributed by atoms with Gasteiger partial charge in [0.1, 0.15) is 0 Å². The number of hydrogen-bond donors (Lipinski definition) is 1. The summed E-state index contributed by atoms with van der Waals surface area (Å²) in [5.74, 6) is 1.66. The van der Waals surface area contributed by atoms with Crippen LogP contribution in [0.5, 0.6) is 0 Å². The van der Waals surface area contributed by atoms with Gasteiger partial charge in [0.2, 0.25) is 0 Å². The molecule has 0 aromatic carbocycles. The van der Waals surface area contributed by atoms with E-state index in [4.69, 9.17) is 4.74 Å². The van der Waals surface area contributed by atoms with Crippen molar-refractivity contribution < 1.29 is 6.16 Å². The van der Waals surface area contributed by atoms with Crippen LogP contribution in [0.15, 0.2) is 0 Å². The zero-order chi connectivity index (χ0) is 11.5. The van der Waals surface area contributed by atoms with E-state index >= 15 is 0 Å². The third-order valence-electron chi connectivity index (χ3n) is 2.22. The molecule has 0 amide bonds. The third kappa shape index (κ3) is 11.8. The van der Waals surface area contributed by atoms with E-state index < -0.39 is 0 Å². The summed E-state index contributed by atoms with van der Waals surface area (Å²) in [4.78, 5) is 0. The summed E-state index contributed by atoms with van der Waals surface area (Å²) < 4.78 is 5.48. The predicted octanol–water partition coefficient (Wildman–Crippen LogP) is 3.32. The smallest absolute Gasteiger partial charge is 0.0489 e. The first-order valence-corrected chi connectivity index (χ1v) is 6.57. The average Bonchev–Trinajstić information content (AvgIpc) is 3.03. The van der Waals surface area contributed by atoms with E-state index in [0.717, 1.165) is 32.1 Å². The number of nitrogens with one attached hydrogen (secondary N) is 1. The Morgan fingerprint density at radius 3 is 2.53 bits per heavy atom. The van der Waals surface area contributed by atoms with Crippen LogP contribution in [0.25, 0.3) is 0 Å². The first-order valence-electron chi connectivity index (χ1n) is 6.57. The Morgan fingerprint density at radius 1 is 1.33 bits per heavy atom. The maximum absolute atomic E-state index is 5.48. The first kappa shape index (κ1) is 14.9. The van der Waals surface area contributed by atoms with Crippen LogP contribution in [-0.4, -0.2) is 26.3 Å². The van der Waals surface area contributed by atoms with E-state index in [1.807, 2.05) is 13.8 Å². The van der Waals surface area contributed by atoms with Gasteiger partial charge < -0.3 is 10.1 Å². The molecule has 1 rings (SSSR count). The highest BCUT2D eigenvalue weighted by Crippen LogP contribution is 2.27. The average molecular weight is 217 g/mol. The molecule has 0 spiro atoms. The van der Waals surface area contributed by atoms with Crippen LogP contribution in [0.1, 0.15) is 48.4 Å². The molecular formula is C13H31NO. The molecule has 1 fully saturated rings. The van der Waals surface area contributed by atoms with E-state index in [9.17, 15) is 0 Å². The molecule has 0 radical (unpaired) electrons. The maximum atomic E-state index is 5.48. The van der Waals surface area contributed by atoms with Gasteiger partial charge in [-0.05, 0) is 44.2 Å². The van der Waals surface area contributed by atoms with Crippen LogP contribution in [0, 0.1) is 11.8 Å². The van der Waals surface area contributed by atoms with Crippen molar-refractivity contribution in [1.29, 1.82) is 0 Å². The van der Waals surface area contributed by atoms with Gasteiger partial charge in [0.05, 0.1) is 0 Å². The Labute approximate surface area is 97.3 Å². The highest BCUT2D eigenvalue weighted by Gasteiger charge is 2.19. The lowest BCUT2D eigenvalue weighted by Gasteiger charge is -2.07. The van der Waals surface area contributed by atoms with Crippen molar-refractivity contribution >= 4 is 0 Å². The summed E-state index contributed by atoms with van der Waals surface area (Å²) in [6, 6.07) is 0. The van der Waals surface area contributed by atoms with Crippen molar-refractivity contribution in [3.8, 4) is 0 Å². The van der Waals surface area contributed by atoms with Gasteiger partial charge in [0.25, 0.3) is 0 Å². The molecular weight excluding hydrogens is 186 g/mol. The van der Waals surface area contributed by atoms with E-state index in [-0.39, 0.29) is 1.43 Å². The minimum atomic E-state index is 0. The van der Waals surface area contributed by atoms with Gasteiger partial charge in [-0.1, -0.05) is 27.7 Å². The van der Waals surface area contributed by atoms with Crippen molar-refractivity contribution in [2.75, 3.05) is 26.3 Å². The highest BCUT2D eigenvalue weighted by molar-refractivity contribution is 4.74. The fourth-order valence-electron chi connectivity index (χ4n) is 1.25. The molecule has 0 saturated heterocycles. The lowest BCUT2D eigenvalue weighted by Crippen LogP contribution is -2.19. The Kier molecular flexibility index (Phi) is 10.4. The molecule has 94 valence electrons. The second kappa shape index (κ2) is 10.4. The lowest BCUT2D eigenvalue weighted by atomic mass is 10.2. The van der Waals surface area contributed by atoms with E-state index in [2.05, 4.69) is 19.2 Å². The first-order chi connectivity index (χ1) is 7.29. The van der Waals surface area contributed by atoms with Crippen molar-refractivity contribution in [2.45, 2.75) is 47.0 Å². The molecule has 0 aromatic rings. The predicted molar refractivity (Wildman–Crippen MR) is 69.3 cm³/mol. The van der Waals surface area contributed by atoms with Crippen LogP contribution >= 0.6 is 0 Å². The molecule has 0 heterocycles. The third-order valence-corrected chi connectivity index (χ3v) is 2.22. The standard InChI is InChI=1S/C11H23NO.C2H6.H2/c1-10(2)9-13-7-3-6-12-8-11-4-5-11;1-2;/h10-12H,3-9H2,1-2H3;1-2H3;1H. The molecule has 1 aliphatic rings. The van der Waals surface area contributed by atoms with Gasteiger partial charge in [0, 0.05) is 14.6 Å². The van der Waals surface area contributed by atoms with Gasteiger partial charge in [-0.15, -0.1) is 0 Å². The van der Waals surface area contributed by atoms with Gasteiger partial charge in [-0.2, -0.15) is 0 Å². The zero-order valence-electron chi connectivity index (χ0n) is 11.0. The molecule has 1 aliphatic carbocycles. The van der Waals surface area contributed by atoms with E-state index in [0.29, 0.717) is 5.92 Å². The zero-order valence-corrected chi connectivity index (χ0v) is 11.0. The highest BCUT2D eigenvalue weighted by atomic mass is 16.5. The second-order valence-corrected chi connectivity index (χ2v) is 4.47. The second-order valence-electron chi connectivity index (χ2n) is 4.47. The number of hydrogen-bond acceptors (Lipinski definition) is 2. The quantitative estimate of drug-likeness (QED) is 0.630. The van der Waals surface area contributed by atoms with Crippen LogP contribution in [-0.2, 0) is 4.74 Å². The van der Waals surface area contributed by atoms with Crippen LogP contribution in [0.4, 0.5) is 0 Å². The molecule has 0 atom stereocenters. The van der Waals surface area contributed by atoms with E-state index in [1.54, 1.807) is 0 Å². The molecule has 2 nitrogen and oxygen atoms in total. The number of rotatable bonds is 8. The van der Waals surface area contributed by atoms with Crippen LogP contribution < -0.4 is 5.32 Å². The lowest BCUT2D eigenvalue weighted by molar-refractivity contribution is 0.108. The molecule has 2 heteroatoms. The van der Waals surface area contributed by atoms with E-state index in [1.165, 1.54) is 19.4 Å². The normalized spacial score (nSPS) is 15.0. The fraction of sp³-hybridized carbons (Fsp3) is 1.00. The van der Waals surface area contributed by atoms with Gasteiger partial charge in [-0.3, -0.25) is 0 Å². The summed E-state index contributed by atoms with van der Waals surface area (Å²) in [6.45, 7) is 12.5.